The summed E-state index contributed by atoms with van der Waals surface area (Å²) >= 11 is 0. The summed E-state index contributed by atoms with van der Waals surface area (Å²) in [6, 6.07) is 9.24. The van der Waals surface area contributed by atoms with Gasteiger partial charge in [0.25, 0.3) is 0 Å². The number of nitrogens with one attached hydrogen (secondary N) is 1. The third-order valence-corrected chi connectivity index (χ3v) is 3.02. The molecule has 1 heterocycles. The van der Waals surface area contributed by atoms with Gasteiger partial charge in [-0.15, -0.1) is 0 Å². The van der Waals surface area contributed by atoms with Crippen LogP contribution in [0, 0.1) is 0 Å². The number of ketones is 1. The van der Waals surface area contributed by atoms with E-state index in [1.165, 1.54) is 0 Å². The van der Waals surface area contributed by atoms with Gasteiger partial charge in [-0.05, 0) is 0 Å². The maximum Gasteiger partial charge on any atom is 0.210 e. The molecular formula is C14H19N3O2. The minimum atomic E-state index is -0.0264. The highest BCUT2D eigenvalue weighted by molar-refractivity contribution is 6.46. The number of nitrogens with zero attached hydrogens (tertiary/aromatic N) is 2. The normalized spacial score (nSPS) is 17.2. The van der Waals surface area contributed by atoms with Crippen LogP contribution in [0.3, 0.4) is 0 Å². The van der Waals surface area contributed by atoms with Crippen LogP contribution in [0.1, 0.15) is 10.4 Å². The molecule has 1 aliphatic rings. The maximum absolute atomic E-state index is 12.4. The fourth-order valence-corrected chi connectivity index (χ4v) is 2.02. The molecule has 5 nitrogen and oxygen atoms in total. The van der Waals surface area contributed by atoms with Crippen LogP contribution in [-0.2, 0) is 4.74 Å². The number of benzene rings is 1. The summed E-state index contributed by atoms with van der Waals surface area (Å²) in [7, 11) is 1.71. The maximum atomic E-state index is 12.4. The third-order valence-electron chi connectivity index (χ3n) is 3.02. The molecule has 1 aliphatic heterocycles. The highest BCUT2D eigenvalue weighted by atomic mass is 16.5. The molecule has 0 bridgehead atoms. The number of rotatable bonds is 5. The Morgan fingerprint density at radius 3 is 2.63 bits per heavy atom. The molecule has 0 radical (unpaired) electrons. The molecule has 0 unspecified atom stereocenters. The van der Waals surface area contributed by atoms with Gasteiger partial charge in [0.1, 0.15) is 5.71 Å². The summed E-state index contributed by atoms with van der Waals surface area (Å²) in [6.45, 7) is 3.66. The van der Waals surface area contributed by atoms with Crippen molar-refractivity contribution in [2.24, 2.45) is 5.10 Å². The Labute approximate surface area is 113 Å². The predicted octanol–water partition coefficient (Wildman–Crippen LogP) is 0.777. The van der Waals surface area contributed by atoms with Crippen molar-refractivity contribution in [2.45, 2.75) is 0 Å². The Morgan fingerprint density at radius 2 is 2.00 bits per heavy atom. The molecule has 0 spiro atoms. The van der Waals surface area contributed by atoms with Gasteiger partial charge in [-0.3, -0.25) is 9.69 Å². The van der Waals surface area contributed by atoms with E-state index in [1.807, 2.05) is 30.3 Å². The van der Waals surface area contributed by atoms with Gasteiger partial charge < -0.3 is 10.2 Å². The lowest BCUT2D eigenvalue weighted by Crippen LogP contribution is -2.41. The number of carbonyl (C=O) groups is 1. The van der Waals surface area contributed by atoms with Crippen molar-refractivity contribution in [3.63, 3.8) is 0 Å². The summed E-state index contributed by atoms with van der Waals surface area (Å²) < 4.78 is 5.30. The van der Waals surface area contributed by atoms with Gasteiger partial charge in [-0.2, -0.15) is 5.10 Å². The number of Topliss-reactive ketones (excluding diaryl/α,β-unsaturated/α-hetero) is 1. The van der Waals surface area contributed by atoms with Crippen molar-refractivity contribution in [1.82, 2.24) is 10.3 Å². The Bertz CT molecular complexity index is 439. The molecular weight excluding hydrogens is 242 g/mol. The minimum Gasteiger partial charge on any atom is -0.379 e. The van der Waals surface area contributed by atoms with Crippen molar-refractivity contribution in [3.05, 3.63) is 35.9 Å². The Balaban J connectivity index is 2.07. The number of hydrazone groups is 1. The zero-order valence-electron chi connectivity index (χ0n) is 11.1. The Morgan fingerprint density at radius 1 is 1.32 bits per heavy atom. The fraction of sp³-hybridized carbons (Fsp3) is 0.429. The van der Waals surface area contributed by atoms with Crippen molar-refractivity contribution in [3.8, 4) is 0 Å². The van der Waals surface area contributed by atoms with Crippen LogP contribution >= 0.6 is 0 Å². The van der Waals surface area contributed by atoms with Gasteiger partial charge in [-0.1, -0.05) is 30.3 Å². The fourth-order valence-electron chi connectivity index (χ4n) is 2.02. The molecule has 0 atom stereocenters. The molecule has 0 aliphatic carbocycles. The van der Waals surface area contributed by atoms with E-state index in [4.69, 9.17) is 4.74 Å². The monoisotopic (exact) mass is 261 g/mol. The lowest BCUT2D eigenvalue weighted by molar-refractivity contribution is 0.0449. The first-order valence-electron chi connectivity index (χ1n) is 6.44. The Hall–Kier alpha value is -1.72. The zero-order valence-corrected chi connectivity index (χ0v) is 11.1. The molecule has 0 saturated carbocycles. The lowest BCUT2D eigenvalue weighted by atomic mass is 10.1. The second kappa shape index (κ2) is 7.01. The first kappa shape index (κ1) is 13.7. The van der Waals surface area contributed by atoms with Crippen LogP contribution < -0.4 is 5.43 Å². The van der Waals surface area contributed by atoms with E-state index in [9.17, 15) is 4.79 Å². The van der Waals surface area contributed by atoms with Gasteiger partial charge in [0.15, 0.2) is 0 Å². The van der Waals surface area contributed by atoms with Crippen LogP contribution in [0.25, 0.3) is 0 Å². The van der Waals surface area contributed by atoms with Gasteiger partial charge in [0.05, 0.1) is 13.2 Å². The molecule has 1 N–H and O–H groups in total. The number of morpholine rings is 1. The smallest absolute Gasteiger partial charge is 0.210 e. The topological polar surface area (TPSA) is 53.9 Å². The van der Waals surface area contributed by atoms with Crippen LogP contribution in [0.15, 0.2) is 35.4 Å². The van der Waals surface area contributed by atoms with Crippen LogP contribution in [0.5, 0.6) is 0 Å². The highest BCUT2D eigenvalue weighted by Gasteiger charge is 2.19. The second-order valence-electron chi connectivity index (χ2n) is 4.37. The summed E-state index contributed by atoms with van der Waals surface area (Å²) in [5.41, 5.74) is 3.93. The predicted molar refractivity (Wildman–Crippen MR) is 74.5 cm³/mol. The van der Waals surface area contributed by atoms with Crippen molar-refractivity contribution in [1.29, 1.82) is 0 Å². The second-order valence-corrected chi connectivity index (χ2v) is 4.37. The summed E-state index contributed by atoms with van der Waals surface area (Å²) in [4.78, 5) is 14.6. The van der Waals surface area contributed by atoms with Crippen molar-refractivity contribution < 1.29 is 9.53 Å². The van der Waals surface area contributed by atoms with Gasteiger partial charge in [0, 0.05) is 32.2 Å². The van der Waals surface area contributed by atoms with Crippen molar-refractivity contribution >= 4 is 11.5 Å². The molecule has 1 saturated heterocycles. The molecule has 1 fully saturated rings. The number of hydrogen-bond acceptors (Lipinski definition) is 5. The molecule has 5 heteroatoms. The zero-order chi connectivity index (χ0) is 13.5. The Kier molecular flexibility index (Phi) is 5.06. The molecule has 0 amide bonds. The minimum absolute atomic E-state index is 0.0264. The van der Waals surface area contributed by atoms with Crippen LogP contribution in [0.4, 0.5) is 0 Å². The van der Waals surface area contributed by atoms with Gasteiger partial charge >= 0.3 is 0 Å². The number of ether oxygens (including phenoxy) is 1. The molecule has 0 aromatic heterocycles. The molecule has 1 aromatic carbocycles. The summed E-state index contributed by atoms with van der Waals surface area (Å²) in [5, 5.41) is 4.13. The molecule has 1 aromatic rings. The van der Waals surface area contributed by atoms with E-state index >= 15 is 0 Å². The van der Waals surface area contributed by atoms with E-state index < -0.39 is 0 Å². The van der Waals surface area contributed by atoms with Crippen LogP contribution in [0.2, 0.25) is 0 Å². The molecule has 102 valence electrons. The molecule has 19 heavy (non-hydrogen) atoms. The highest BCUT2D eigenvalue weighted by Crippen LogP contribution is 2.04. The summed E-state index contributed by atoms with van der Waals surface area (Å²) in [5.74, 6) is -0.0264. The van der Waals surface area contributed by atoms with E-state index in [0.29, 0.717) is 31.0 Å². The average Bonchev–Trinajstić information content (AvgIpc) is 2.48. The third kappa shape index (κ3) is 3.87. The first-order chi connectivity index (χ1) is 9.31. The average molecular weight is 261 g/mol. The summed E-state index contributed by atoms with van der Waals surface area (Å²) in [6.07, 6.45) is 0. The van der Waals surface area contributed by atoms with Crippen LogP contribution in [-0.4, -0.2) is 56.3 Å². The molecule has 2 rings (SSSR count). The van der Waals surface area contributed by atoms with Gasteiger partial charge in [-0.25, -0.2) is 0 Å². The van der Waals surface area contributed by atoms with E-state index in [2.05, 4.69) is 15.4 Å². The van der Waals surface area contributed by atoms with E-state index in [1.54, 1.807) is 7.05 Å². The first-order valence-corrected chi connectivity index (χ1v) is 6.44. The van der Waals surface area contributed by atoms with Crippen molar-refractivity contribution in [2.75, 3.05) is 39.9 Å². The van der Waals surface area contributed by atoms with Gasteiger partial charge in [0.2, 0.25) is 5.78 Å². The largest absolute Gasteiger partial charge is 0.379 e. The number of carbonyl (C=O) groups excluding carboxylic acids is 1. The number of hydrogen-bond donors (Lipinski definition) is 1. The standard InChI is InChI=1S/C14H19N3O2/c1-15-16-13(11-17-7-9-19-10-8-17)14(18)12-5-3-2-4-6-12/h2-6,15H,7-11H2,1H3/b16-13-. The SMILES string of the molecule is CN/N=C(/CN1CCOCC1)C(=O)c1ccccc1. The van der Waals surface area contributed by atoms with E-state index in [-0.39, 0.29) is 5.78 Å². The quantitative estimate of drug-likeness (QED) is 0.483. The lowest BCUT2D eigenvalue weighted by Gasteiger charge is -2.26. The van der Waals surface area contributed by atoms with E-state index in [0.717, 1.165) is 13.1 Å².